The van der Waals surface area contributed by atoms with Gasteiger partial charge in [-0.15, -0.1) is 0 Å². The first-order chi connectivity index (χ1) is 11.9. The normalized spacial score (nSPS) is 21.1. The molecule has 138 valence electrons. The SMILES string of the molecule is CCOC1CC(c2ccccc2[N+](=O)[O-])C(P(=O)(OC)OC)=C(C)O1. The van der Waals surface area contributed by atoms with Crippen LogP contribution >= 0.6 is 7.60 Å². The molecule has 8 nitrogen and oxygen atoms in total. The lowest BCUT2D eigenvalue weighted by Gasteiger charge is -2.34. The van der Waals surface area contributed by atoms with Crippen LogP contribution in [0.15, 0.2) is 35.3 Å². The number of rotatable bonds is 7. The Hall–Kier alpha value is -1.73. The summed E-state index contributed by atoms with van der Waals surface area (Å²) >= 11 is 0. The standard InChI is InChI=1S/C16H22NO7P/c1-5-23-15-10-13(12-8-6-7-9-14(12)17(18)19)16(11(2)24-15)25(20,21-3)22-4/h6-9,13,15H,5,10H2,1-4H3. The number of nitro benzene ring substituents is 1. The zero-order valence-electron chi connectivity index (χ0n) is 14.6. The van der Waals surface area contributed by atoms with Crippen LogP contribution in [0.2, 0.25) is 0 Å². The molecule has 2 rings (SSSR count). The van der Waals surface area contributed by atoms with E-state index in [4.69, 9.17) is 18.5 Å². The first kappa shape index (κ1) is 19.6. The molecule has 0 fully saturated rings. The largest absolute Gasteiger partial charge is 0.469 e. The highest BCUT2D eigenvalue weighted by Gasteiger charge is 2.44. The van der Waals surface area contributed by atoms with Crippen molar-refractivity contribution in [3.8, 4) is 0 Å². The van der Waals surface area contributed by atoms with Gasteiger partial charge in [-0.3, -0.25) is 14.7 Å². The van der Waals surface area contributed by atoms with Gasteiger partial charge in [-0.2, -0.15) is 0 Å². The summed E-state index contributed by atoms with van der Waals surface area (Å²) in [5.74, 6) is -0.252. The van der Waals surface area contributed by atoms with Crippen molar-refractivity contribution in [1.29, 1.82) is 0 Å². The number of hydrogen-bond donors (Lipinski definition) is 0. The Morgan fingerprint density at radius 1 is 1.32 bits per heavy atom. The van der Waals surface area contributed by atoms with E-state index in [1.807, 2.05) is 6.92 Å². The molecule has 0 saturated carbocycles. The average Bonchev–Trinajstić information content (AvgIpc) is 2.61. The molecule has 1 aromatic rings. The Balaban J connectivity index is 2.63. The van der Waals surface area contributed by atoms with E-state index in [-0.39, 0.29) is 17.4 Å². The van der Waals surface area contributed by atoms with Crippen molar-refractivity contribution in [2.24, 2.45) is 0 Å². The van der Waals surface area contributed by atoms with Crippen molar-refractivity contribution in [1.82, 2.24) is 0 Å². The molecule has 2 atom stereocenters. The predicted molar refractivity (Wildman–Crippen MR) is 91.3 cm³/mol. The molecule has 0 radical (unpaired) electrons. The minimum Gasteiger partial charge on any atom is -0.469 e. The molecule has 1 heterocycles. The second kappa shape index (κ2) is 8.10. The second-order valence-electron chi connectivity index (χ2n) is 5.41. The molecule has 2 unspecified atom stereocenters. The molecule has 1 aliphatic heterocycles. The van der Waals surface area contributed by atoms with E-state index in [1.165, 1.54) is 20.3 Å². The number of para-hydroxylation sites is 1. The summed E-state index contributed by atoms with van der Waals surface area (Å²) in [5.41, 5.74) is 0.359. The van der Waals surface area contributed by atoms with Crippen LogP contribution in [-0.4, -0.2) is 32.0 Å². The van der Waals surface area contributed by atoms with E-state index in [2.05, 4.69) is 0 Å². The van der Waals surface area contributed by atoms with Crippen molar-refractivity contribution in [2.75, 3.05) is 20.8 Å². The number of nitrogens with zero attached hydrogens (tertiary/aromatic N) is 1. The summed E-state index contributed by atoms with van der Waals surface area (Å²) in [6, 6.07) is 6.34. The van der Waals surface area contributed by atoms with E-state index in [0.717, 1.165) is 0 Å². The highest BCUT2D eigenvalue weighted by Crippen LogP contribution is 2.63. The predicted octanol–water partition coefficient (Wildman–Crippen LogP) is 4.18. The van der Waals surface area contributed by atoms with Crippen molar-refractivity contribution < 1.29 is 28.0 Å². The topological polar surface area (TPSA) is 97.1 Å². The molecule has 9 heteroatoms. The van der Waals surface area contributed by atoms with Gasteiger partial charge in [0.2, 0.25) is 0 Å². The lowest BCUT2D eigenvalue weighted by atomic mass is 9.91. The molecule has 25 heavy (non-hydrogen) atoms. The maximum absolute atomic E-state index is 13.1. The fraction of sp³-hybridized carbons (Fsp3) is 0.500. The molecule has 0 spiro atoms. The molecule has 0 aliphatic carbocycles. The summed E-state index contributed by atoms with van der Waals surface area (Å²) in [4.78, 5) is 11.0. The lowest BCUT2D eigenvalue weighted by Crippen LogP contribution is -2.27. The van der Waals surface area contributed by atoms with Crippen molar-refractivity contribution in [3.05, 3.63) is 51.0 Å². The first-order valence-electron chi connectivity index (χ1n) is 7.82. The van der Waals surface area contributed by atoms with Crippen molar-refractivity contribution in [2.45, 2.75) is 32.5 Å². The molecule has 1 aliphatic rings. The Bertz CT molecular complexity index is 710. The van der Waals surface area contributed by atoms with Crippen molar-refractivity contribution in [3.63, 3.8) is 0 Å². The van der Waals surface area contributed by atoms with E-state index < -0.39 is 24.7 Å². The molecule has 0 aromatic heterocycles. The smallest absolute Gasteiger partial charge is 0.360 e. The number of benzene rings is 1. The van der Waals surface area contributed by atoms with Crippen LogP contribution in [-0.2, 0) is 23.1 Å². The van der Waals surface area contributed by atoms with Crippen LogP contribution in [0.25, 0.3) is 0 Å². The Labute approximate surface area is 146 Å². The molecule has 0 bridgehead atoms. The number of allylic oxidation sites excluding steroid dienone is 2. The Morgan fingerprint density at radius 3 is 2.52 bits per heavy atom. The van der Waals surface area contributed by atoms with Crippen LogP contribution in [0.3, 0.4) is 0 Å². The molecular weight excluding hydrogens is 349 g/mol. The monoisotopic (exact) mass is 371 g/mol. The van der Waals surface area contributed by atoms with Gasteiger partial charge in [-0.1, -0.05) is 18.2 Å². The maximum atomic E-state index is 13.1. The van der Waals surface area contributed by atoms with E-state index in [0.29, 0.717) is 17.9 Å². The van der Waals surface area contributed by atoms with Crippen LogP contribution in [0.1, 0.15) is 31.7 Å². The van der Waals surface area contributed by atoms with Gasteiger partial charge < -0.3 is 18.5 Å². The molecule has 0 amide bonds. The minimum absolute atomic E-state index is 0.0614. The molecular formula is C16H22NO7P. The van der Waals surface area contributed by atoms with E-state index in [9.17, 15) is 14.7 Å². The minimum atomic E-state index is -3.65. The summed E-state index contributed by atoms with van der Waals surface area (Å²) in [5, 5.41) is 11.7. The van der Waals surface area contributed by atoms with Crippen LogP contribution in [0.4, 0.5) is 5.69 Å². The van der Waals surface area contributed by atoms with E-state index in [1.54, 1.807) is 25.1 Å². The Morgan fingerprint density at radius 2 is 1.96 bits per heavy atom. The zero-order chi connectivity index (χ0) is 18.6. The van der Waals surface area contributed by atoms with Crippen LogP contribution < -0.4 is 0 Å². The fourth-order valence-electron chi connectivity index (χ4n) is 3.02. The maximum Gasteiger partial charge on any atom is 0.360 e. The van der Waals surface area contributed by atoms with Crippen molar-refractivity contribution >= 4 is 13.3 Å². The number of ether oxygens (including phenoxy) is 2. The van der Waals surface area contributed by atoms with Gasteiger partial charge in [-0.25, -0.2) is 0 Å². The summed E-state index contributed by atoms with van der Waals surface area (Å²) < 4.78 is 34.5. The molecule has 1 aromatic carbocycles. The van der Waals surface area contributed by atoms with Gasteiger partial charge in [0.15, 0.2) is 6.29 Å². The highest BCUT2D eigenvalue weighted by molar-refractivity contribution is 7.58. The van der Waals surface area contributed by atoms with Gasteiger partial charge in [0.05, 0.1) is 10.2 Å². The van der Waals surface area contributed by atoms with Gasteiger partial charge in [0.1, 0.15) is 5.76 Å². The van der Waals surface area contributed by atoms with Gasteiger partial charge >= 0.3 is 7.60 Å². The second-order valence-corrected chi connectivity index (χ2v) is 7.62. The quantitative estimate of drug-likeness (QED) is 0.403. The van der Waals surface area contributed by atoms with Gasteiger partial charge in [0.25, 0.3) is 5.69 Å². The summed E-state index contributed by atoms with van der Waals surface area (Å²) in [6.45, 7) is 3.88. The third-order valence-corrected chi connectivity index (χ3v) is 6.24. The van der Waals surface area contributed by atoms with E-state index >= 15 is 0 Å². The number of nitro groups is 1. The lowest BCUT2D eigenvalue weighted by molar-refractivity contribution is -0.385. The third kappa shape index (κ3) is 3.93. The Kier molecular flexibility index (Phi) is 6.35. The van der Waals surface area contributed by atoms with Crippen LogP contribution in [0.5, 0.6) is 0 Å². The fourth-order valence-corrected chi connectivity index (χ4v) is 4.63. The first-order valence-corrected chi connectivity index (χ1v) is 9.36. The highest BCUT2D eigenvalue weighted by atomic mass is 31.2. The zero-order valence-corrected chi connectivity index (χ0v) is 15.5. The molecule has 0 saturated heterocycles. The summed E-state index contributed by atoms with van der Waals surface area (Å²) in [6.07, 6.45) is -0.331. The number of hydrogen-bond acceptors (Lipinski definition) is 7. The summed E-state index contributed by atoms with van der Waals surface area (Å²) in [7, 11) is -1.11. The average molecular weight is 371 g/mol. The van der Waals surface area contributed by atoms with Gasteiger partial charge in [-0.05, 0) is 13.8 Å². The van der Waals surface area contributed by atoms with Crippen LogP contribution in [0, 0.1) is 10.1 Å². The third-order valence-electron chi connectivity index (χ3n) is 4.06. The van der Waals surface area contributed by atoms with Gasteiger partial charge in [0, 0.05) is 44.8 Å². The molecule has 0 N–H and O–H groups in total.